The Hall–Kier alpha value is -2.00. The first-order valence-corrected chi connectivity index (χ1v) is 4.98. The highest BCUT2D eigenvalue weighted by molar-refractivity contribution is 5.68. The first-order valence-electron chi connectivity index (χ1n) is 4.98. The van der Waals surface area contributed by atoms with Crippen molar-refractivity contribution in [2.75, 3.05) is 30.5 Å². The van der Waals surface area contributed by atoms with Gasteiger partial charge in [-0.15, -0.1) is 0 Å². The number of nitrogens with zero attached hydrogens (tertiary/aromatic N) is 3. The molecule has 0 aliphatic rings. The van der Waals surface area contributed by atoms with E-state index in [9.17, 15) is 10.1 Å². The maximum Gasteiger partial charge on any atom is 0.354 e. The Morgan fingerprint density at radius 3 is 2.82 bits per heavy atom. The third kappa shape index (κ3) is 3.50. The third-order valence-corrected chi connectivity index (χ3v) is 1.88. The lowest BCUT2D eigenvalue weighted by atomic mass is 10.4. The number of ether oxygens (including phenoxy) is 1. The van der Waals surface area contributed by atoms with E-state index in [1.54, 1.807) is 0 Å². The molecule has 0 aromatic carbocycles. The van der Waals surface area contributed by atoms with E-state index in [-0.39, 0.29) is 17.3 Å². The molecule has 4 N–H and O–H groups in total. The third-order valence-electron chi connectivity index (χ3n) is 1.88. The molecule has 1 aromatic rings. The molecule has 1 heterocycles. The van der Waals surface area contributed by atoms with Gasteiger partial charge in [-0.2, -0.15) is 0 Å². The largest absolute Gasteiger partial charge is 0.380 e. The Balaban J connectivity index is 2.79. The molecule has 0 saturated heterocycles. The maximum atomic E-state index is 10.8. The molecular weight excluding hydrogens is 228 g/mol. The maximum absolute atomic E-state index is 10.8. The van der Waals surface area contributed by atoms with Crippen LogP contribution in [0.1, 0.15) is 6.92 Å². The van der Waals surface area contributed by atoms with Crippen LogP contribution >= 0.6 is 0 Å². The van der Waals surface area contributed by atoms with E-state index >= 15 is 0 Å². The average molecular weight is 242 g/mol. The zero-order valence-electron chi connectivity index (χ0n) is 9.34. The fourth-order valence-corrected chi connectivity index (χ4v) is 1.17. The van der Waals surface area contributed by atoms with Crippen molar-refractivity contribution in [2.24, 2.45) is 5.84 Å². The number of nitrogen functional groups attached to an aromatic ring is 1. The summed E-state index contributed by atoms with van der Waals surface area (Å²) in [5.74, 6) is 5.21. The number of nitro groups is 1. The monoisotopic (exact) mass is 242 g/mol. The molecule has 0 unspecified atom stereocenters. The number of hydrazine groups is 1. The van der Waals surface area contributed by atoms with Crippen LogP contribution in [0, 0.1) is 10.1 Å². The minimum absolute atomic E-state index is 0.0380. The molecule has 0 saturated carbocycles. The van der Waals surface area contributed by atoms with Crippen molar-refractivity contribution in [1.82, 2.24) is 9.97 Å². The van der Waals surface area contributed by atoms with Crippen molar-refractivity contribution in [3.63, 3.8) is 0 Å². The summed E-state index contributed by atoms with van der Waals surface area (Å²) in [7, 11) is 0. The lowest BCUT2D eigenvalue weighted by Gasteiger charge is -2.07. The van der Waals surface area contributed by atoms with Crippen molar-refractivity contribution in [2.45, 2.75) is 6.92 Å². The fraction of sp³-hybridized carbons (Fsp3) is 0.500. The van der Waals surface area contributed by atoms with Gasteiger partial charge in [-0.1, -0.05) is 0 Å². The quantitative estimate of drug-likeness (QED) is 0.266. The molecule has 0 fully saturated rings. The van der Waals surface area contributed by atoms with Gasteiger partial charge in [0.05, 0.1) is 11.5 Å². The Bertz CT molecular complexity index is 386. The summed E-state index contributed by atoms with van der Waals surface area (Å²) in [6, 6.07) is 0. The number of nitrogens with one attached hydrogen (secondary N) is 2. The minimum atomic E-state index is -0.599. The fourth-order valence-electron chi connectivity index (χ4n) is 1.17. The normalized spacial score (nSPS) is 10.0. The van der Waals surface area contributed by atoms with Crippen LogP contribution in [0.3, 0.4) is 0 Å². The SMILES string of the molecule is CCOCCNc1ncnc(NN)c1[N+](=O)[O-]. The molecule has 9 heteroatoms. The Morgan fingerprint density at radius 2 is 2.24 bits per heavy atom. The van der Waals surface area contributed by atoms with Crippen molar-refractivity contribution < 1.29 is 9.66 Å². The Kier molecular flexibility index (Phi) is 5.04. The summed E-state index contributed by atoms with van der Waals surface area (Å²) in [5.41, 5.74) is 1.87. The molecule has 0 atom stereocenters. The van der Waals surface area contributed by atoms with Crippen LogP contribution in [-0.4, -0.2) is 34.6 Å². The predicted molar refractivity (Wildman–Crippen MR) is 61.5 cm³/mol. The van der Waals surface area contributed by atoms with Gasteiger partial charge in [0, 0.05) is 13.2 Å². The van der Waals surface area contributed by atoms with E-state index in [4.69, 9.17) is 10.6 Å². The standard InChI is InChI=1S/C8H14N6O3/c1-2-17-4-3-10-7-6(14(15)16)8(13-9)12-5-11-7/h5H,2-4,9H2,1H3,(H2,10,11,12,13). The second kappa shape index (κ2) is 6.55. The van der Waals surface area contributed by atoms with E-state index in [1.807, 2.05) is 6.92 Å². The first-order chi connectivity index (χ1) is 8.20. The van der Waals surface area contributed by atoms with Gasteiger partial charge in [-0.25, -0.2) is 15.8 Å². The highest BCUT2D eigenvalue weighted by atomic mass is 16.6. The second-order valence-corrected chi connectivity index (χ2v) is 2.94. The van der Waals surface area contributed by atoms with Crippen LogP contribution in [0.5, 0.6) is 0 Å². The Labute approximate surface area is 97.5 Å². The van der Waals surface area contributed by atoms with Gasteiger partial charge in [0.15, 0.2) is 0 Å². The molecule has 0 aliphatic heterocycles. The van der Waals surface area contributed by atoms with Gasteiger partial charge >= 0.3 is 5.69 Å². The average Bonchev–Trinajstić information content (AvgIpc) is 2.33. The van der Waals surface area contributed by atoms with Gasteiger partial charge in [-0.3, -0.25) is 10.1 Å². The summed E-state index contributed by atoms with van der Waals surface area (Å²) in [4.78, 5) is 17.7. The van der Waals surface area contributed by atoms with Crippen molar-refractivity contribution in [1.29, 1.82) is 0 Å². The van der Waals surface area contributed by atoms with Crippen LogP contribution in [-0.2, 0) is 4.74 Å². The zero-order valence-corrected chi connectivity index (χ0v) is 9.34. The predicted octanol–water partition coefficient (Wildman–Crippen LogP) is 0.119. The lowest BCUT2D eigenvalue weighted by Crippen LogP contribution is -2.15. The van der Waals surface area contributed by atoms with E-state index in [0.717, 1.165) is 0 Å². The van der Waals surface area contributed by atoms with Gasteiger partial charge in [-0.05, 0) is 6.92 Å². The molecule has 0 aliphatic carbocycles. The van der Waals surface area contributed by atoms with Crippen LogP contribution in [0.15, 0.2) is 6.33 Å². The highest BCUT2D eigenvalue weighted by Gasteiger charge is 2.21. The van der Waals surface area contributed by atoms with Crippen molar-refractivity contribution in [3.05, 3.63) is 16.4 Å². The summed E-state index contributed by atoms with van der Waals surface area (Å²) < 4.78 is 5.10. The lowest BCUT2D eigenvalue weighted by molar-refractivity contribution is -0.383. The van der Waals surface area contributed by atoms with Gasteiger partial charge in [0.1, 0.15) is 6.33 Å². The van der Waals surface area contributed by atoms with E-state index in [1.165, 1.54) is 6.33 Å². The molecule has 0 amide bonds. The van der Waals surface area contributed by atoms with Crippen molar-refractivity contribution in [3.8, 4) is 0 Å². The number of anilines is 2. The number of aromatic nitrogens is 2. The van der Waals surface area contributed by atoms with Crippen LogP contribution < -0.4 is 16.6 Å². The highest BCUT2D eigenvalue weighted by Crippen LogP contribution is 2.27. The molecule has 9 nitrogen and oxygen atoms in total. The number of nitrogens with two attached hydrogens (primary N) is 1. The van der Waals surface area contributed by atoms with E-state index in [2.05, 4.69) is 20.7 Å². The Morgan fingerprint density at radius 1 is 1.53 bits per heavy atom. The summed E-state index contributed by atoms with van der Waals surface area (Å²) in [6.45, 7) is 3.30. The van der Waals surface area contributed by atoms with Crippen molar-refractivity contribution >= 4 is 17.3 Å². The van der Waals surface area contributed by atoms with E-state index in [0.29, 0.717) is 19.8 Å². The minimum Gasteiger partial charge on any atom is -0.380 e. The number of hydrogen-bond acceptors (Lipinski definition) is 8. The second-order valence-electron chi connectivity index (χ2n) is 2.94. The van der Waals surface area contributed by atoms with Gasteiger partial charge in [0.2, 0.25) is 11.6 Å². The molecule has 17 heavy (non-hydrogen) atoms. The molecule has 94 valence electrons. The zero-order chi connectivity index (χ0) is 12.7. The molecular formula is C8H14N6O3. The topological polar surface area (TPSA) is 128 Å². The molecule has 0 spiro atoms. The molecule has 1 rings (SSSR count). The number of rotatable bonds is 7. The summed E-state index contributed by atoms with van der Waals surface area (Å²) in [5, 5.41) is 13.6. The van der Waals surface area contributed by atoms with Gasteiger partial charge in [0.25, 0.3) is 0 Å². The smallest absolute Gasteiger partial charge is 0.354 e. The summed E-state index contributed by atoms with van der Waals surface area (Å²) in [6.07, 6.45) is 1.19. The van der Waals surface area contributed by atoms with Gasteiger partial charge < -0.3 is 15.5 Å². The molecule has 0 bridgehead atoms. The first kappa shape index (κ1) is 13.1. The summed E-state index contributed by atoms with van der Waals surface area (Å²) >= 11 is 0. The van der Waals surface area contributed by atoms with Crippen LogP contribution in [0.25, 0.3) is 0 Å². The molecule has 1 aromatic heterocycles. The van der Waals surface area contributed by atoms with E-state index < -0.39 is 4.92 Å². The van der Waals surface area contributed by atoms with Crippen LogP contribution in [0.4, 0.5) is 17.3 Å². The number of hydrogen-bond donors (Lipinski definition) is 3. The van der Waals surface area contributed by atoms with Crippen LogP contribution in [0.2, 0.25) is 0 Å². The molecule has 0 radical (unpaired) electrons.